The second kappa shape index (κ2) is 5.61. The lowest BCUT2D eigenvalue weighted by molar-refractivity contribution is -0.166. The number of hydrogen-bond acceptors (Lipinski definition) is 5. The van der Waals surface area contributed by atoms with Crippen molar-refractivity contribution in [3.8, 4) is 0 Å². The lowest BCUT2D eigenvalue weighted by Crippen LogP contribution is -2.45. The van der Waals surface area contributed by atoms with E-state index in [1.807, 2.05) is 0 Å². The quantitative estimate of drug-likeness (QED) is 0.629. The molecule has 6 nitrogen and oxygen atoms in total. The van der Waals surface area contributed by atoms with E-state index in [0.717, 1.165) is 7.11 Å². The van der Waals surface area contributed by atoms with Crippen LogP contribution in [0.1, 0.15) is 12.0 Å². The van der Waals surface area contributed by atoms with Crippen molar-refractivity contribution < 1.29 is 24.5 Å². The van der Waals surface area contributed by atoms with Gasteiger partial charge in [-0.1, -0.05) is 30.3 Å². The topological polar surface area (TPSA) is 110 Å². The maximum Gasteiger partial charge on any atom is 0.342 e. The monoisotopic (exact) mass is 253 g/mol. The van der Waals surface area contributed by atoms with E-state index in [1.54, 1.807) is 18.2 Å². The van der Waals surface area contributed by atoms with Gasteiger partial charge in [0.05, 0.1) is 7.11 Å². The lowest BCUT2D eigenvalue weighted by Gasteiger charge is -2.27. The zero-order valence-electron chi connectivity index (χ0n) is 9.87. The zero-order valence-corrected chi connectivity index (χ0v) is 9.87. The number of esters is 1. The van der Waals surface area contributed by atoms with E-state index in [0.29, 0.717) is 0 Å². The minimum atomic E-state index is -2.06. The summed E-state index contributed by atoms with van der Waals surface area (Å²) in [5.74, 6) is -2.24. The largest absolute Gasteiger partial charge is 0.480 e. The fraction of sp³-hybridized carbons (Fsp3) is 0.333. The minimum absolute atomic E-state index is 0.244. The smallest absolute Gasteiger partial charge is 0.342 e. The standard InChI is InChI=1S/C12H15NO5/c1-18-11(16)12(17,7-9(13)10(14)15)8-5-3-2-4-6-8/h2-6,9,17H,7,13H2,1H3,(H,14,15)/t9-,12-/m0/s1. The molecule has 1 rings (SSSR count). The molecular weight excluding hydrogens is 238 g/mol. The summed E-state index contributed by atoms with van der Waals surface area (Å²) in [7, 11) is 1.11. The predicted octanol–water partition coefficient (Wildman–Crippen LogP) is -0.151. The van der Waals surface area contributed by atoms with Crippen LogP contribution in [0.4, 0.5) is 0 Å². The van der Waals surface area contributed by atoms with Crippen LogP contribution in [0.25, 0.3) is 0 Å². The molecule has 0 heterocycles. The van der Waals surface area contributed by atoms with Crippen LogP contribution in [0, 0.1) is 0 Å². The molecule has 0 saturated carbocycles. The highest BCUT2D eigenvalue weighted by molar-refractivity contribution is 5.83. The van der Waals surface area contributed by atoms with Gasteiger partial charge in [-0.15, -0.1) is 0 Å². The van der Waals surface area contributed by atoms with E-state index in [1.165, 1.54) is 12.1 Å². The summed E-state index contributed by atoms with van der Waals surface area (Å²) < 4.78 is 4.51. The third-order valence-corrected chi connectivity index (χ3v) is 2.61. The van der Waals surface area contributed by atoms with Crippen molar-refractivity contribution in [1.82, 2.24) is 0 Å². The van der Waals surface area contributed by atoms with Gasteiger partial charge in [0, 0.05) is 6.42 Å². The van der Waals surface area contributed by atoms with Crippen molar-refractivity contribution in [3.63, 3.8) is 0 Å². The number of ether oxygens (including phenoxy) is 1. The maximum absolute atomic E-state index is 11.7. The van der Waals surface area contributed by atoms with E-state index >= 15 is 0 Å². The number of rotatable bonds is 5. The summed E-state index contributed by atoms with van der Waals surface area (Å²) in [6, 6.07) is 6.59. The SMILES string of the molecule is COC(=O)[C@](O)(C[C@H](N)C(=O)O)c1ccccc1. The molecule has 0 aromatic heterocycles. The molecule has 0 radical (unpaired) electrons. The van der Waals surface area contributed by atoms with Gasteiger partial charge in [0.15, 0.2) is 5.60 Å². The van der Waals surface area contributed by atoms with Crippen LogP contribution in [0.15, 0.2) is 30.3 Å². The van der Waals surface area contributed by atoms with E-state index in [2.05, 4.69) is 4.74 Å². The summed E-state index contributed by atoms with van der Waals surface area (Å²) in [5, 5.41) is 19.1. The zero-order chi connectivity index (χ0) is 13.8. The Balaban J connectivity index is 3.11. The van der Waals surface area contributed by atoms with Crippen molar-refractivity contribution in [3.05, 3.63) is 35.9 Å². The number of carbonyl (C=O) groups is 2. The number of carbonyl (C=O) groups excluding carboxylic acids is 1. The summed E-state index contributed by atoms with van der Waals surface area (Å²) in [4.78, 5) is 22.4. The molecule has 2 atom stereocenters. The number of hydrogen-bond donors (Lipinski definition) is 3. The molecule has 1 aromatic carbocycles. The van der Waals surface area contributed by atoms with E-state index in [-0.39, 0.29) is 5.56 Å². The van der Waals surface area contributed by atoms with Crippen LogP contribution < -0.4 is 5.73 Å². The molecule has 0 fully saturated rings. The van der Waals surface area contributed by atoms with Crippen LogP contribution in [0.3, 0.4) is 0 Å². The van der Waals surface area contributed by atoms with E-state index in [4.69, 9.17) is 10.8 Å². The molecule has 4 N–H and O–H groups in total. The molecule has 0 aliphatic heterocycles. The molecule has 1 aromatic rings. The Hall–Kier alpha value is -1.92. The van der Waals surface area contributed by atoms with Crippen molar-refractivity contribution >= 4 is 11.9 Å². The molecule has 0 aliphatic carbocycles. The van der Waals surface area contributed by atoms with Crippen molar-refractivity contribution in [1.29, 1.82) is 0 Å². The van der Waals surface area contributed by atoms with Gasteiger partial charge in [-0.2, -0.15) is 0 Å². The number of benzene rings is 1. The second-order valence-corrected chi connectivity index (χ2v) is 3.87. The highest BCUT2D eigenvalue weighted by Crippen LogP contribution is 2.27. The second-order valence-electron chi connectivity index (χ2n) is 3.87. The Kier molecular flexibility index (Phi) is 4.41. The number of carboxylic acid groups (broad SMARTS) is 1. The number of carboxylic acids is 1. The first-order valence-electron chi connectivity index (χ1n) is 5.26. The highest BCUT2D eigenvalue weighted by Gasteiger charge is 2.42. The number of aliphatic hydroxyl groups is 1. The Bertz CT molecular complexity index is 433. The molecular formula is C12H15NO5. The van der Waals surface area contributed by atoms with Crippen molar-refractivity contribution in [2.24, 2.45) is 5.73 Å². The van der Waals surface area contributed by atoms with Gasteiger partial charge in [-0.05, 0) is 5.56 Å². The fourth-order valence-corrected chi connectivity index (χ4v) is 1.61. The van der Waals surface area contributed by atoms with Gasteiger partial charge in [-0.3, -0.25) is 4.79 Å². The molecule has 0 bridgehead atoms. The van der Waals surface area contributed by atoms with Gasteiger partial charge in [0.25, 0.3) is 0 Å². The van der Waals surface area contributed by atoms with Crippen LogP contribution in [-0.2, 0) is 19.9 Å². The molecule has 6 heteroatoms. The Morgan fingerprint density at radius 3 is 2.39 bits per heavy atom. The van der Waals surface area contributed by atoms with Gasteiger partial charge in [0.1, 0.15) is 6.04 Å². The minimum Gasteiger partial charge on any atom is -0.480 e. The van der Waals surface area contributed by atoms with Gasteiger partial charge < -0.3 is 20.7 Å². The van der Waals surface area contributed by atoms with Gasteiger partial charge in [-0.25, -0.2) is 4.79 Å². The Morgan fingerprint density at radius 1 is 1.39 bits per heavy atom. The summed E-state index contributed by atoms with van der Waals surface area (Å²) in [6.45, 7) is 0. The summed E-state index contributed by atoms with van der Waals surface area (Å²) in [5.41, 5.74) is 3.55. The van der Waals surface area contributed by atoms with E-state index < -0.39 is 30.0 Å². The van der Waals surface area contributed by atoms with Crippen LogP contribution in [0.5, 0.6) is 0 Å². The summed E-state index contributed by atoms with van der Waals surface area (Å²) >= 11 is 0. The number of aliphatic carboxylic acids is 1. The fourth-order valence-electron chi connectivity index (χ4n) is 1.61. The van der Waals surface area contributed by atoms with Crippen molar-refractivity contribution in [2.45, 2.75) is 18.1 Å². The van der Waals surface area contributed by atoms with E-state index in [9.17, 15) is 14.7 Å². The maximum atomic E-state index is 11.7. The number of methoxy groups -OCH3 is 1. The first-order valence-corrected chi connectivity index (χ1v) is 5.26. The number of nitrogens with two attached hydrogens (primary N) is 1. The lowest BCUT2D eigenvalue weighted by atomic mass is 9.87. The molecule has 0 unspecified atom stereocenters. The van der Waals surface area contributed by atoms with Crippen LogP contribution in [0.2, 0.25) is 0 Å². The normalized spacial score (nSPS) is 15.5. The third-order valence-electron chi connectivity index (χ3n) is 2.61. The molecule has 0 aliphatic rings. The first-order chi connectivity index (χ1) is 8.41. The summed E-state index contributed by atoms with van der Waals surface area (Å²) in [6.07, 6.45) is -0.459. The molecule has 0 saturated heterocycles. The average molecular weight is 253 g/mol. The van der Waals surface area contributed by atoms with Crippen LogP contribution >= 0.6 is 0 Å². The molecule has 18 heavy (non-hydrogen) atoms. The average Bonchev–Trinajstić information content (AvgIpc) is 2.38. The van der Waals surface area contributed by atoms with Gasteiger partial charge in [0.2, 0.25) is 0 Å². The highest BCUT2D eigenvalue weighted by atomic mass is 16.5. The Labute approximate surface area is 104 Å². The Morgan fingerprint density at radius 2 is 1.94 bits per heavy atom. The third kappa shape index (κ3) is 2.85. The first kappa shape index (κ1) is 14.1. The van der Waals surface area contributed by atoms with Crippen molar-refractivity contribution in [2.75, 3.05) is 7.11 Å². The van der Waals surface area contributed by atoms with Crippen LogP contribution in [-0.4, -0.2) is 35.3 Å². The predicted molar refractivity (Wildman–Crippen MR) is 62.6 cm³/mol. The molecule has 98 valence electrons. The molecule has 0 spiro atoms. The molecule has 0 amide bonds. The van der Waals surface area contributed by atoms with Gasteiger partial charge >= 0.3 is 11.9 Å².